The number of hydrogen-bond donors (Lipinski definition) is 1. The van der Waals surface area contributed by atoms with Crippen molar-refractivity contribution in [3.63, 3.8) is 0 Å². The van der Waals surface area contributed by atoms with Crippen LogP contribution in [0.15, 0.2) is 30.5 Å². The maximum Gasteiger partial charge on any atom is 0.226 e. The van der Waals surface area contributed by atoms with E-state index in [-0.39, 0.29) is 11.7 Å². The van der Waals surface area contributed by atoms with Crippen LogP contribution in [0.25, 0.3) is 0 Å². The maximum absolute atomic E-state index is 11.9. The van der Waals surface area contributed by atoms with E-state index >= 15 is 0 Å². The Labute approximate surface area is 127 Å². The number of Topliss-reactive ketones (excluding diaryl/α,β-unsaturated/α-hetero) is 1. The molecule has 1 aromatic carbocycles. The molecule has 1 amide bonds. The first-order chi connectivity index (χ1) is 9.97. The zero-order chi connectivity index (χ0) is 15.4. The number of anilines is 1. The molecule has 0 fully saturated rings. The van der Waals surface area contributed by atoms with Gasteiger partial charge < -0.3 is 5.32 Å². The zero-order valence-electron chi connectivity index (χ0n) is 11.9. The summed E-state index contributed by atoms with van der Waals surface area (Å²) >= 11 is 5.90. The van der Waals surface area contributed by atoms with Gasteiger partial charge in [0.25, 0.3) is 0 Å². The van der Waals surface area contributed by atoms with Crippen molar-refractivity contribution < 1.29 is 9.59 Å². The minimum atomic E-state index is -0.114. The molecular weight excluding hydrogens is 290 g/mol. The standard InChI is InChI=1S/C15H16ClN3O2/c1-10-14(16)9-17-19(10)8-7-15(21)18-13-5-3-12(4-6-13)11(2)20/h3-6,9H,7-8H2,1-2H3,(H,18,21). The number of rotatable bonds is 5. The molecule has 110 valence electrons. The van der Waals surface area contributed by atoms with E-state index in [1.54, 1.807) is 35.1 Å². The van der Waals surface area contributed by atoms with E-state index in [1.165, 1.54) is 6.92 Å². The number of benzene rings is 1. The van der Waals surface area contributed by atoms with Gasteiger partial charge in [0, 0.05) is 17.7 Å². The molecule has 0 saturated carbocycles. The lowest BCUT2D eigenvalue weighted by atomic mass is 10.1. The lowest BCUT2D eigenvalue weighted by Gasteiger charge is -2.07. The van der Waals surface area contributed by atoms with Crippen LogP contribution in [0.5, 0.6) is 0 Å². The Balaban J connectivity index is 1.89. The lowest BCUT2D eigenvalue weighted by molar-refractivity contribution is -0.116. The van der Waals surface area contributed by atoms with Gasteiger partial charge in [-0.05, 0) is 38.1 Å². The Morgan fingerprint density at radius 1 is 1.29 bits per heavy atom. The minimum absolute atomic E-state index is 0.00101. The lowest BCUT2D eigenvalue weighted by Crippen LogP contribution is -2.15. The van der Waals surface area contributed by atoms with Crippen molar-refractivity contribution >= 4 is 29.0 Å². The number of carbonyl (C=O) groups is 2. The van der Waals surface area contributed by atoms with E-state index < -0.39 is 0 Å². The Hall–Kier alpha value is -2.14. The quantitative estimate of drug-likeness (QED) is 0.863. The van der Waals surface area contributed by atoms with Crippen molar-refractivity contribution in [3.05, 3.63) is 46.7 Å². The highest BCUT2D eigenvalue weighted by Gasteiger charge is 2.07. The van der Waals surface area contributed by atoms with Gasteiger partial charge in [-0.15, -0.1) is 0 Å². The molecule has 1 heterocycles. The molecule has 0 spiro atoms. The second-order valence-electron chi connectivity index (χ2n) is 4.73. The summed E-state index contributed by atoms with van der Waals surface area (Å²) in [6.45, 7) is 3.83. The first-order valence-electron chi connectivity index (χ1n) is 6.56. The van der Waals surface area contributed by atoms with E-state index in [1.807, 2.05) is 6.92 Å². The fourth-order valence-electron chi connectivity index (χ4n) is 1.87. The molecule has 5 nitrogen and oxygen atoms in total. The third kappa shape index (κ3) is 3.92. The van der Waals surface area contributed by atoms with Crippen molar-refractivity contribution in [2.75, 3.05) is 5.32 Å². The number of ketones is 1. The van der Waals surface area contributed by atoms with E-state index in [0.717, 1.165) is 5.69 Å². The van der Waals surface area contributed by atoms with Crippen LogP contribution < -0.4 is 5.32 Å². The average Bonchev–Trinajstić information content (AvgIpc) is 2.77. The molecule has 0 bridgehead atoms. The third-order valence-corrected chi connectivity index (χ3v) is 3.54. The Bertz CT molecular complexity index is 662. The van der Waals surface area contributed by atoms with Crippen LogP contribution in [0.2, 0.25) is 5.02 Å². The van der Waals surface area contributed by atoms with E-state index in [4.69, 9.17) is 11.6 Å². The fraction of sp³-hybridized carbons (Fsp3) is 0.267. The van der Waals surface area contributed by atoms with Crippen molar-refractivity contribution in [1.82, 2.24) is 9.78 Å². The van der Waals surface area contributed by atoms with Crippen LogP contribution in [0.4, 0.5) is 5.69 Å². The highest BCUT2D eigenvalue weighted by Crippen LogP contribution is 2.14. The molecule has 2 aromatic rings. The van der Waals surface area contributed by atoms with Gasteiger partial charge in [-0.1, -0.05) is 11.6 Å². The highest BCUT2D eigenvalue weighted by atomic mass is 35.5. The Morgan fingerprint density at radius 2 is 1.95 bits per heavy atom. The molecule has 2 rings (SSSR count). The number of nitrogens with zero attached hydrogens (tertiary/aromatic N) is 2. The molecule has 0 atom stereocenters. The molecule has 0 unspecified atom stereocenters. The van der Waals surface area contributed by atoms with Crippen LogP contribution in [-0.2, 0) is 11.3 Å². The molecule has 21 heavy (non-hydrogen) atoms. The van der Waals surface area contributed by atoms with Gasteiger partial charge in [0.1, 0.15) is 0 Å². The zero-order valence-corrected chi connectivity index (χ0v) is 12.6. The fourth-order valence-corrected chi connectivity index (χ4v) is 2.01. The van der Waals surface area contributed by atoms with Gasteiger partial charge in [0.15, 0.2) is 5.78 Å². The summed E-state index contributed by atoms with van der Waals surface area (Å²) in [6.07, 6.45) is 1.86. The smallest absolute Gasteiger partial charge is 0.226 e. The molecule has 0 saturated heterocycles. The normalized spacial score (nSPS) is 10.4. The maximum atomic E-state index is 11.9. The first-order valence-corrected chi connectivity index (χ1v) is 6.94. The predicted octanol–water partition coefficient (Wildman–Crippen LogP) is 3.08. The molecule has 0 radical (unpaired) electrons. The summed E-state index contributed by atoms with van der Waals surface area (Å²) in [6, 6.07) is 6.81. The number of carbonyl (C=O) groups excluding carboxylic acids is 2. The van der Waals surface area contributed by atoms with E-state index in [2.05, 4.69) is 10.4 Å². The summed E-state index contributed by atoms with van der Waals surface area (Å²) in [4.78, 5) is 23.0. The SMILES string of the molecule is CC(=O)c1ccc(NC(=O)CCn2ncc(Cl)c2C)cc1. The average molecular weight is 306 g/mol. The van der Waals surface area contributed by atoms with Crippen LogP contribution in [0, 0.1) is 6.92 Å². The van der Waals surface area contributed by atoms with Gasteiger partial charge in [-0.2, -0.15) is 5.10 Å². The molecule has 0 aliphatic carbocycles. The van der Waals surface area contributed by atoms with Crippen molar-refractivity contribution in [2.24, 2.45) is 0 Å². The van der Waals surface area contributed by atoms with Gasteiger partial charge >= 0.3 is 0 Å². The molecule has 6 heteroatoms. The summed E-state index contributed by atoms with van der Waals surface area (Å²) in [5.41, 5.74) is 2.13. The Morgan fingerprint density at radius 3 is 2.48 bits per heavy atom. The van der Waals surface area contributed by atoms with Crippen LogP contribution >= 0.6 is 11.6 Å². The van der Waals surface area contributed by atoms with Gasteiger partial charge in [-0.25, -0.2) is 0 Å². The van der Waals surface area contributed by atoms with Crippen molar-refractivity contribution in [2.45, 2.75) is 26.8 Å². The predicted molar refractivity (Wildman–Crippen MR) is 81.7 cm³/mol. The van der Waals surface area contributed by atoms with Crippen LogP contribution in [-0.4, -0.2) is 21.5 Å². The second-order valence-corrected chi connectivity index (χ2v) is 5.14. The van der Waals surface area contributed by atoms with Gasteiger partial charge in [-0.3, -0.25) is 14.3 Å². The van der Waals surface area contributed by atoms with Crippen LogP contribution in [0.3, 0.4) is 0 Å². The largest absolute Gasteiger partial charge is 0.326 e. The van der Waals surface area contributed by atoms with E-state index in [0.29, 0.717) is 29.2 Å². The summed E-state index contributed by atoms with van der Waals surface area (Å²) < 4.78 is 1.70. The van der Waals surface area contributed by atoms with Gasteiger partial charge in [0.05, 0.1) is 23.5 Å². The number of aryl methyl sites for hydroxylation is 1. The van der Waals surface area contributed by atoms with Crippen molar-refractivity contribution in [1.29, 1.82) is 0 Å². The first kappa shape index (κ1) is 15.3. The number of hydrogen-bond acceptors (Lipinski definition) is 3. The molecule has 1 N–H and O–H groups in total. The third-order valence-electron chi connectivity index (χ3n) is 3.17. The second kappa shape index (κ2) is 6.54. The minimum Gasteiger partial charge on any atom is -0.326 e. The topological polar surface area (TPSA) is 64.0 Å². The van der Waals surface area contributed by atoms with Crippen LogP contribution in [0.1, 0.15) is 29.4 Å². The monoisotopic (exact) mass is 305 g/mol. The summed E-state index contributed by atoms with van der Waals surface area (Å²) in [7, 11) is 0. The molecule has 1 aromatic heterocycles. The number of halogens is 1. The molecule has 0 aliphatic rings. The highest BCUT2D eigenvalue weighted by molar-refractivity contribution is 6.31. The number of aromatic nitrogens is 2. The summed E-state index contributed by atoms with van der Waals surface area (Å²) in [5.74, 6) is -0.115. The van der Waals surface area contributed by atoms with Crippen molar-refractivity contribution in [3.8, 4) is 0 Å². The Kier molecular flexibility index (Phi) is 4.75. The number of amides is 1. The molecule has 0 aliphatic heterocycles. The number of nitrogens with one attached hydrogen (secondary N) is 1. The van der Waals surface area contributed by atoms with E-state index in [9.17, 15) is 9.59 Å². The summed E-state index contributed by atoms with van der Waals surface area (Å²) in [5, 5.41) is 7.47. The molecular formula is C15H16ClN3O2. The van der Waals surface area contributed by atoms with Gasteiger partial charge in [0.2, 0.25) is 5.91 Å².